The van der Waals surface area contributed by atoms with Crippen molar-refractivity contribution in [3.63, 3.8) is 0 Å². The lowest BCUT2D eigenvalue weighted by atomic mass is 10.1. The van der Waals surface area contributed by atoms with Gasteiger partial charge in [-0.1, -0.05) is 43.6 Å². The molecule has 0 fully saturated rings. The van der Waals surface area contributed by atoms with E-state index >= 15 is 0 Å². The average molecular weight is 304 g/mol. The Kier molecular flexibility index (Phi) is 5.23. The lowest BCUT2D eigenvalue weighted by molar-refractivity contribution is -0.116. The molecule has 0 aliphatic rings. The van der Waals surface area contributed by atoms with Gasteiger partial charge in [0.15, 0.2) is 0 Å². The van der Waals surface area contributed by atoms with E-state index < -0.39 is 0 Å². The first-order valence-corrected chi connectivity index (χ1v) is 7.24. The molecular weight excluding hydrogens is 286 g/mol. The first kappa shape index (κ1) is 15.4. The summed E-state index contributed by atoms with van der Waals surface area (Å²) in [6, 6.07) is 14.5. The SMILES string of the molecule is CC(C)CC(=O)Nc1cccc(Oc2ccccc2Cl)c1. The fourth-order valence-corrected chi connectivity index (χ4v) is 2.05. The third kappa shape index (κ3) is 4.80. The number of nitrogens with one attached hydrogen (secondary N) is 1. The van der Waals surface area contributed by atoms with E-state index in [0.29, 0.717) is 34.5 Å². The average Bonchev–Trinajstić information content (AvgIpc) is 2.41. The van der Waals surface area contributed by atoms with E-state index in [1.165, 1.54) is 0 Å². The molecule has 4 heteroatoms. The molecule has 110 valence electrons. The number of carbonyl (C=O) groups excluding carboxylic acids is 1. The second-order valence-corrected chi connectivity index (χ2v) is 5.61. The summed E-state index contributed by atoms with van der Waals surface area (Å²) < 4.78 is 5.73. The zero-order valence-electron chi connectivity index (χ0n) is 12.1. The Bertz CT molecular complexity index is 626. The number of ether oxygens (including phenoxy) is 1. The van der Waals surface area contributed by atoms with Gasteiger partial charge in [0.25, 0.3) is 0 Å². The van der Waals surface area contributed by atoms with Crippen LogP contribution < -0.4 is 10.1 Å². The molecule has 0 radical (unpaired) electrons. The number of amides is 1. The van der Waals surface area contributed by atoms with Gasteiger partial charge in [0.2, 0.25) is 5.91 Å². The largest absolute Gasteiger partial charge is 0.456 e. The minimum Gasteiger partial charge on any atom is -0.456 e. The topological polar surface area (TPSA) is 38.3 Å². The Morgan fingerprint density at radius 2 is 1.95 bits per heavy atom. The molecule has 0 heterocycles. The Morgan fingerprint density at radius 3 is 2.67 bits per heavy atom. The molecule has 0 aliphatic heterocycles. The van der Waals surface area contributed by atoms with Crippen LogP contribution in [0, 0.1) is 5.92 Å². The predicted molar refractivity (Wildman–Crippen MR) is 86.1 cm³/mol. The summed E-state index contributed by atoms with van der Waals surface area (Å²) >= 11 is 6.06. The molecule has 0 atom stereocenters. The lowest BCUT2D eigenvalue weighted by Crippen LogP contribution is -2.13. The maximum atomic E-state index is 11.8. The van der Waals surface area contributed by atoms with E-state index in [9.17, 15) is 4.79 Å². The van der Waals surface area contributed by atoms with Crippen molar-refractivity contribution in [1.29, 1.82) is 0 Å². The molecule has 0 aromatic heterocycles. The molecule has 1 N–H and O–H groups in total. The van der Waals surface area contributed by atoms with Crippen LogP contribution in [0.1, 0.15) is 20.3 Å². The fourth-order valence-electron chi connectivity index (χ4n) is 1.87. The molecule has 21 heavy (non-hydrogen) atoms. The van der Waals surface area contributed by atoms with Gasteiger partial charge in [0.05, 0.1) is 5.02 Å². The number of benzene rings is 2. The third-order valence-corrected chi connectivity index (χ3v) is 3.09. The van der Waals surface area contributed by atoms with Crippen LogP contribution in [0.25, 0.3) is 0 Å². The minimum absolute atomic E-state index is 0.0000986. The summed E-state index contributed by atoms with van der Waals surface area (Å²) in [6.07, 6.45) is 0.496. The molecule has 1 amide bonds. The maximum Gasteiger partial charge on any atom is 0.224 e. The highest BCUT2D eigenvalue weighted by Gasteiger charge is 2.07. The van der Waals surface area contributed by atoms with E-state index in [1.807, 2.05) is 44.2 Å². The number of hydrogen-bond donors (Lipinski definition) is 1. The molecule has 0 saturated heterocycles. The number of halogens is 1. The molecule has 2 aromatic carbocycles. The number of rotatable bonds is 5. The molecule has 0 unspecified atom stereocenters. The minimum atomic E-state index is -0.0000986. The Hall–Kier alpha value is -2.00. The Morgan fingerprint density at radius 1 is 1.19 bits per heavy atom. The van der Waals surface area contributed by atoms with Gasteiger partial charge in [-0.05, 0) is 30.2 Å². The normalized spacial score (nSPS) is 10.5. The van der Waals surface area contributed by atoms with E-state index in [4.69, 9.17) is 16.3 Å². The van der Waals surface area contributed by atoms with Crippen molar-refractivity contribution in [2.45, 2.75) is 20.3 Å². The smallest absolute Gasteiger partial charge is 0.224 e. The van der Waals surface area contributed by atoms with Crippen LogP contribution in [0.3, 0.4) is 0 Å². The van der Waals surface area contributed by atoms with Gasteiger partial charge in [-0.2, -0.15) is 0 Å². The highest BCUT2D eigenvalue weighted by molar-refractivity contribution is 6.32. The summed E-state index contributed by atoms with van der Waals surface area (Å²) in [7, 11) is 0. The van der Waals surface area contributed by atoms with E-state index in [-0.39, 0.29) is 5.91 Å². The molecule has 2 aromatic rings. The van der Waals surface area contributed by atoms with Gasteiger partial charge >= 0.3 is 0 Å². The van der Waals surface area contributed by atoms with Crippen LogP contribution in [-0.4, -0.2) is 5.91 Å². The Balaban J connectivity index is 2.08. The second-order valence-electron chi connectivity index (χ2n) is 5.21. The van der Waals surface area contributed by atoms with Gasteiger partial charge < -0.3 is 10.1 Å². The summed E-state index contributed by atoms with van der Waals surface area (Å²) in [5.74, 6) is 1.54. The van der Waals surface area contributed by atoms with Crippen LogP contribution in [0.2, 0.25) is 5.02 Å². The predicted octanol–water partition coefficient (Wildman–Crippen LogP) is 5.12. The third-order valence-electron chi connectivity index (χ3n) is 2.78. The molecule has 0 aliphatic carbocycles. The summed E-state index contributed by atoms with van der Waals surface area (Å²) in [6.45, 7) is 4.02. The van der Waals surface area contributed by atoms with E-state index in [0.717, 1.165) is 0 Å². The van der Waals surface area contributed by atoms with Crippen LogP contribution in [-0.2, 0) is 4.79 Å². The fraction of sp³-hybridized carbons (Fsp3) is 0.235. The van der Waals surface area contributed by atoms with Gasteiger partial charge in [-0.3, -0.25) is 4.79 Å². The zero-order chi connectivity index (χ0) is 15.2. The quantitative estimate of drug-likeness (QED) is 0.833. The van der Waals surface area contributed by atoms with Gasteiger partial charge in [-0.15, -0.1) is 0 Å². The first-order chi connectivity index (χ1) is 10.0. The number of carbonyl (C=O) groups is 1. The highest BCUT2D eigenvalue weighted by atomic mass is 35.5. The van der Waals surface area contributed by atoms with Crippen molar-refractivity contribution in [1.82, 2.24) is 0 Å². The highest BCUT2D eigenvalue weighted by Crippen LogP contribution is 2.30. The molecule has 2 rings (SSSR count). The second kappa shape index (κ2) is 7.14. The number of para-hydroxylation sites is 1. The zero-order valence-corrected chi connectivity index (χ0v) is 12.9. The van der Waals surface area contributed by atoms with Gasteiger partial charge in [0.1, 0.15) is 11.5 Å². The van der Waals surface area contributed by atoms with E-state index in [2.05, 4.69) is 5.32 Å². The standard InChI is InChI=1S/C17H18ClNO2/c1-12(2)10-17(20)19-13-6-5-7-14(11-13)21-16-9-4-3-8-15(16)18/h3-9,11-12H,10H2,1-2H3,(H,19,20). The van der Waals surface area contributed by atoms with Crippen LogP contribution in [0.5, 0.6) is 11.5 Å². The monoisotopic (exact) mass is 303 g/mol. The van der Waals surface area contributed by atoms with Gasteiger partial charge in [-0.25, -0.2) is 0 Å². The van der Waals surface area contributed by atoms with Crippen molar-refractivity contribution in [3.8, 4) is 11.5 Å². The summed E-state index contributed by atoms with van der Waals surface area (Å²) in [5.41, 5.74) is 0.713. The van der Waals surface area contributed by atoms with Gasteiger partial charge in [0, 0.05) is 18.2 Å². The first-order valence-electron chi connectivity index (χ1n) is 6.87. The summed E-state index contributed by atoms with van der Waals surface area (Å²) in [5, 5.41) is 3.41. The summed E-state index contributed by atoms with van der Waals surface area (Å²) in [4.78, 5) is 11.8. The van der Waals surface area contributed by atoms with E-state index in [1.54, 1.807) is 18.2 Å². The lowest BCUT2D eigenvalue weighted by Gasteiger charge is -2.10. The van der Waals surface area contributed by atoms with Crippen molar-refractivity contribution >= 4 is 23.2 Å². The number of anilines is 1. The van der Waals surface area contributed by atoms with Crippen LogP contribution in [0.15, 0.2) is 48.5 Å². The molecule has 0 spiro atoms. The Labute approximate surface area is 129 Å². The van der Waals surface area contributed by atoms with Crippen molar-refractivity contribution in [2.75, 3.05) is 5.32 Å². The van der Waals surface area contributed by atoms with Crippen molar-refractivity contribution in [3.05, 3.63) is 53.6 Å². The van der Waals surface area contributed by atoms with Crippen LogP contribution >= 0.6 is 11.6 Å². The number of hydrogen-bond acceptors (Lipinski definition) is 2. The molecule has 3 nitrogen and oxygen atoms in total. The van der Waals surface area contributed by atoms with Crippen LogP contribution in [0.4, 0.5) is 5.69 Å². The molecular formula is C17H18ClNO2. The molecule has 0 saturated carbocycles. The molecule has 0 bridgehead atoms. The van der Waals surface area contributed by atoms with Crippen molar-refractivity contribution < 1.29 is 9.53 Å². The van der Waals surface area contributed by atoms with Crippen molar-refractivity contribution in [2.24, 2.45) is 5.92 Å². The maximum absolute atomic E-state index is 11.8.